The van der Waals surface area contributed by atoms with E-state index in [2.05, 4.69) is 0 Å². The van der Waals surface area contributed by atoms with Gasteiger partial charge in [0.05, 0.1) is 27.7 Å². The molecule has 0 spiro atoms. The molecule has 2 aliphatic heterocycles. The minimum atomic E-state index is -0.446. The largest absolute Gasteiger partial charge is 0.355 e. The number of halogens is 1. The Labute approximate surface area is 178 Å². The molecule has 1 saturated heterocycles. The van der Waals surface area contributed by atoms with Crippen LogP contribution in [0.15, 0.2) is 48.5 Å². The molecule has 0 unspecified atom stereocenters. The van der Waals surface area contributed by atoms with E-state index in [-0.39, 0.29) is 18.2 Å². The van der Waals surface area contributed by atoms with Crippen LogP contribution < -0.4 is 14.7 Å². The molecule has 152 valence electrons. The van der Waals surface area contributed by atoms with Gasteiger partial charge in [0, 0.05) is 33.1 Å². The molecule has 0 bridgehead atoms. The molecule has 5 rings (SSSR count). The maximum Gasteiger partial charge on any atom is 0.233 e. The Bertz CT molecular complexity index is 1170. The highest BCUT2D eigenvalue weighted by Crippen LogP contribution is 2.35. The van der Waals surface area contributed by atoms with Crippen LogP contribution in [0.4, 0.5) is 17.3 Å². The number of likely N-dealkylation sites (N-methyl/N-ethyl adjacent to an activating group) is 1. The lowest BCUT2D eigenvalue weighted by atomic mass is 10.1. The van der Waals surface area contributed by atoms with Crippen molar-refractivity contribution in [3.05, 3.63) is 53.6 Å². The van der Waals surface area contributed by atoms with Gasteiger partial charge in [0.25, 0.3) is 0 Å². The molecule has 0 N–H and O–H groups in total. The molecule has 3 aromatic rings. The van der Waals surface area contributed by atoms with Crippen molar-refractivity contribution in [3.8, 4) is 0 Å². The second-order valence-electron chi connectivity index (χ2n) is 7.63. The molecule has 0 aliphatic carbocycles. The zero-order chi connectivity index (χ0) is 20.8. The van der Waals surface area contributed by atoms with Crippen molar-refractivity contribution in [3.63, 3.8) is 0 Å². The number of aromatic nitrogens is 2. The number of carbonyl (C=O) groups excluding carboxylic acids is 2. The number of hydrogen-bond donors (Lipinski definition) is 0. The molecule has 2 aliphatic rings. The van der Waals surface area contributed by atoms with E-state index in [0.29, 0.717) is 42.0 Å². The van der Waals surface area contributed by atoms with Crippen molar-refractivity contribution in [2.24, 2.45) is 5.92 Å². The number of hydrogen-bond acceptors (Lipinski definition) is 5. The summed E-state index contributed by atoms with van der Waals surface area (Å²) in [5.74, 6) is 0.590. The zero-order valence-electron chi connectivity index (χ0n) is 16.5. The smallest absolute Gasteiger partial charge is 0.233 e. The third-order valence-corrected chi connectivity index (χ3v) is 6.01. The summed E-state index contributed by atoms with van der Waals surface area (Å²) in [6.45, 7) is 1.47. The molecule has 0 saturated carbocycles. The van der Waals surface area contributed by atoms with Crippen molar-refractivity contribution in [2.75, 3.05) is 41.4 Å². The number of anilines is 3. The highest BCUT2D eigenvalue weighted by atomic mass is 35.5. The normalized spacial score (nSPS) is 18.8. The Morgan fingerprint density at radius 1 is 1.00 bits per heavy atom. The molecule has 8 heteroatoms. The zero-order valence-corrected chi connectivity index (χ0v) is 17.2. The minimum absolute atomic E-state index is 0.0969. The van der Waals surface area contributed by atoms with Crippen molar-refractivity contribution in [2.45, 2.75) is 6.42 Å². The van der Waals surface area contributed by atoms with Gasteiger partial charge >= 0.3 is 0 Å². The van der Waals surface area contributed by atoms with Gasteiger partial charge in [-0.05, 0) is 24.3 Å². The first-order valence-corrected chi connectivity index (χ1v) is 10.2. The monoisotopic (exact) mass is 421 g/mol. The fourth-order valence-corrected chi connectivity index (χ4v) is 4.33. The second kappa shape index (κ2) is 7.25. The van der Waals surface area contributed by atoms with Crippen LogP contribution in [0.25, 0.3) is 11.0 Å². The van der Waals surface area contributed by atoms with Crippen LogP contribution in [-0.2, 0) is 9.59 Å². The maximum absolute atomic E-state index is 13.4. The second-order valence-corrected chi connectivity index (χ2v) is 8.03. The molecule has 2 aromatic carbocycles. The molecule has 0 radical (unpaired) electrons. The molecule has 7 nitrogen and oxygen atoms in total. The van der Waals surface area contributed by atoms with Gasteiger partial charge in [0.1, 0.15) is 0 Å². The van der Waals surface area contributed by atoms with Crippen LogP contribution in [0.3, 0.4) is 0 Å². The summed E-state index contributed by atoms with van der Waals surface area (Å²) in [6.07, 6.45) is 0.159. The van der Waals surface area contributed by atoms with Gasteiger partial charge in [-0.2, -0.15) is 0 Å². The molecule has 1 atom stereocenters. The van der Waals surface area contributed by atoms with E-state index in [1.165, 1.54) is 0 Å². The van der Waals surface area contributed by atoms with E-state index in [1.807, 2.05) is 48.3 Å². The molecule has 30 heavy (non-hydrogen) atoms. The first-order valence-electron chi connectivity index (χ1n) is 9.87. The number of fused-ring (bicyclic) bond motifs is 2. The van der Waals surface area contributed by atoms with E-state index >= 15 is 0 Å². The summed E-state index contributed by atoms with van der Waals surface area (Å²) in [5, 5.41) is 0.501. The van der Waals surface area contributed by atoms with E-state index < -0.39 is 5.92 Å². The summed E-state index contributed by atoms with van der Waals surface area (Å²) in [7, 11) is 1.95. The number of carbonyl (C=O) groups is 2. The number of nitrogens with zero attached hydrogens (tertiary/aromatic N) is 5. The van der Waals surface area contributed by atoms with Crippen LogP contribution in [-0.4, -0.2) is 48.5 Å². The summed E-state index contributed by atoms with van der Waals surface area (Å²) in [4.78, 5) is 40.8. The number of rotatable bonds is 2. The lowest BCUT2D eigenvalue weighted by Crippen LogP contribution is -2.46. The SMILES string of the molecule is CN1CCN(C(=O)[C@H]2CC(=O)N(c3ccccc3Cl)C2)c2nc3ccccc3nc21. The molecule has 1 fully saturated rings. The van der Waals surface area contributed by atoms with Crippen molar-refractivity contribution >= 4 is 51.8 Å². The Hall–Kier alpha value is -3.19. The first-order chi connectivity index (χ1) is 14.5. The Morgan fingerprint density at radius 3 is 2.40 bits per heavy atom. The summed E-state index contributed by atoms with van der Waals surface area (Å²) >= 11 is 6.27. The van der Waals surface area contributed by atoms with Crippen LogP contribution in [0.2, 0.25) is 5.02 Å². The average Bonchev–Trinajstić information content (AvgIpc) is 3.14. The minimum Gasteiger partial charge on any atom is -0.355 e. The summed E-state index contributed by atoms with van der Waals surface area (Å²) in [5.41, 5.74) is 2.17. The third kappa shape index (κ3) is 3.06. The maximum atomic E-state index is 13.4. The fourth-order valence-electron chi connectivity index (χ4n) is 4.09. The summed E-state index contributed by atoms with van der Waals surface area (Å²) < 4.78 is 0. The molecular formula is C22H20ClN5O2. The van der Waals surface area contributed by atoms with Gasteiger partial charge in [0.2, 0.25) is 11.8 Å². The molecular weight excluding hydrogens is 402 g/mol. The fraction of sp³-hybridized carbons (Fsp3) is 0.273. The van der Waals surface area contributed by atoms with Crippen LogP contribution in [0, 0.1) is 5.92 Å². The molecule has 2 amide bonds. The lowest BCUT2D eigenvalue weighted by molar-refractivity contribution is -0.124. The standard InChI is InChI=1S/C22H20ClN5O2/c1-26-10-11-27(21-20(26)24-16-7-3-4-8-17(16)25-21)22(30)14-12-19(29)28(13-14)18-9-5-2-6-15(18)23/h2-9,14H,10-13H2,1H3/t14-/m0/s1. The average molecular weight is 422 g/mol. The predicted molar refractivity (Wildman–Crippen MR) is 117 cm³/mol. The van der Waals surface area contributed by atoms with Gasteiger partial charge in [-0.3, -0.25) is 14.5 Å². The van der Waals surface area contributed by atoms with Gasteiger partial charge in [-0.15, -0.1) is 0 Å². The van der Waals surface area contributed by atoms with Gasteiger partial charge in [0.15, 0.2) is 11.6 Å². The lowest BCUT2D eigenvalue weighted by Gasteiger charge is -2.34. The van der Waals surface area contributed by atoms with E-state index in [4.69, 9.17) is 21.6 Å². The summed E-state index contributed by atoms with van der Waals surface area (Å²) in [6, 6.07) is 14.8. The number of amides is 2. The Balaban J connectivity index is 1.46. The quantitative estimate of drug-likeness (QED) is 0.635. The van der Waals surface area contributed by atoms with E-state index in [0.717, 1.165) is 11.0 Å². The Morgan fingerprint density at radius 2 is 1.67 bits per heavy atom. The third-order valence-electron chi connectivity index (χ3n) is 5.69. The van der Waals surface area contributed by atoms with Crippen molar-refractivity contribution in [1.29, 1.82) is 0 Å². The van der Waals surface area contributed by atoms with Crippen molar-refractivity contribution < 1.29 is 9.59 Å². The van der Waals surface area contributed by atoms with Gasteiger partial charge < -0.3 is 9.80 Å². The van der Waals surface area contributed by atoms with Gasteiger partial charge in [-0.25, -0.2) is 9.97 Å². The van der Waals surface area contributed by atoms with E-state index in [9.17, 15) is 9.59 Å². The van der Waals surface area contributed by atoms with E-state index in [1.54, 1.807) is 21.9 Å². The number of para-hydroxylation sites is 3. The topological polar surface area (TPSA) is 69.6 Å². The van der Waals surface area contributed by atoms with Crippen LogP contribution in [0.5, 0.6) is 0 Å². The van der Waals surface area contributed by atoms with Crippen LogP contribution in [0.1, 0.15) is 6.42 Å². The molecule has 1 aromatic heterocycles. The number of benzene rings is 2. The highest BCUT2D eigenvalue weighted by molar-refractivity contribution is 6.34. The van der Waals surface area contributed by atoms with Crippen molar-refractivity contribution in [1.82, 2.24) is 9.97 Å². The molecule has 3 heterocycles. The highest BCUT2D eigenvalue weighted by Gasteiger charge is 2.40. The van der Waals surface area contributed by atoms with Crippen LogP contribution >= 0.6 is 11.6 Å². The first kappa shape index (κ1) is 18.8. The Kier molecular flexibility index (Phi) is 4.55. The van der Waals surface area contributed by atoms with Gasteiger partial charge in [-0.1, -0.05) is 35.9 Å². The predicted octanol–water partition coefficient (Wildman–Crippen LogP) is 3.12.